The van der Waals surface area contributed by atoms with Crippen LogP contribution in [0, 0.1) is 5.41 Å². The highest BCUT2D eigenvalue weighted by Crippen LogP contribution is 2.27. The fraction of sp³-hybridized carbons (Fsp3) is 0.241. The molecule has 8 nitrogen and oxygen atoms in total. The van der Waals surface area contributed by atoms with Crippen LogP contribution in [0.3, 0.4) is 0 Å². The van der Waals surface area contributed by atoms with Crippen molar-refractivity contribution in [2.24, 2.45) is 5.73 Å². The van der Waals surface area contributed by atoms with Crippen molar-refractivity contribution in [3.05, 3.63) is 101 Å². The third-order valence-electron chi connectivity index (χ3n) is 6.48. The molecule has 1 amide bonds. The van der Waals surface area contributed by atoms with Gasteiger partial charge in [0.25, 0.3) is 5.91 Å². The number of Topliss-reactive ketones (excluding diaryl/α,β-unsaturated/α-hetero) is 1. The standard InChI is InChI=1S/C29H29N3O5/c30-28(31)20-10-12-21(13-11-20)29(36)32-16-4-7-24(32)27(35)23-14-15-25(37-18-26(33)34)22(17-23)9-8-19-5-2-1-3-6-19/h1-3,5-6,10-15,17,24H,4,7-9,16,18H2,(H3,30,31)(H,33,34). The summed E-state index contributed by atoms with van der Waals surface area (Å²) in [5.41, 5.74) is 8.79. The Kier molecular flexibility index (Phi) is 7.98. The zero-order chi connectivity index (χ0) is 26.4. The molecule has 8 heteroatoms. The number of nitrogens with one attached hydrogen (secondary N) is 1. The molecule has 0 bridgehead atoms. The van der Waals surface area contributed by atoms with E-state index in [1.165, 1.54) is 0 Å². The van der Waals surface area contributed by atoms with Crippen molar-refractivity contribution in [2.75, 3.05) is 13.2 Å². The maximum Gasteiger partial charge on any atom is 0.341 e. The Bertz CT molecular complexity index is 1300. The summed E-state index contributed by atoms with van der Waals surface area (Å²) < 4.78 is 5.49. The number of hydrogen-bond donors (Lipinski definition) is 3. The summed E-state index contributed by atoms with van der Waals surface area (Å²) in [5, 5.41) is 16.6. The van der Waals surface area contributed by atoms with Crippen molar-refractivity contribution >= 4 is 23.5 Å². The molecule has 3 aromatic rings. The molecule has 1 fully saturated rings. The van der Waals surface area contributed by atoms with Gasteiger partial charge in [-0.2, -0.15) is 0 Å². The summed E-state index contributed by atoms with van der Waals surface area (Å²) in [6, 6.07) is 20.8. The number of ether oxygens (including phenoxy) is 1. The number of aryl methyl sites for hydroxylation is 2. The van der Waals surface area contributed by atoms with Gasteiger partial charge in [0.1, 0.15) is 11.6 Å². The first-order chi connectivity index (χ1) is 17.8. The van der Waals surface area contributed by atoms with Gasteiger partial charge in [-0.1, -0.05) is 42.5 Å². The minimum atomic E-state index is -1.08. The van der Waals surface area contributed by atoms with Crippen LogP contribution < -0.4 is 10.5 Å². The zero-order valence-corrected chi connectivity index (χ0v) is 20.4. The average molecular weight is 500 g/mol. The number of benzene rings is 3. The van der Waals surface area contributed by atoms with Gasteiger partial charge in [-0.05, 0) is 67.1 Å². The molecule has 4 rings (SSSR count). The molecule has 1 saturated heterocycles. The van der Waals surface area contributed by atoms with Gasteiger partial charge >= 0.3 is 5.97 Å². The molecular formula is C29H29N3O5. The van der Waals surface area contributed by atoms with Crippen LogP contribution in [0.2, 0.25) is 0 Å². The minimum Gasteiger partial charge on any atom is -0.482 e. The molecule has 1 aliphatic rings. The molecule has 0 saturated carbocycles. The normalized spacial score (nSPS) is 14.8. The second-order valence-corrected chi connectivity index (χ2v) is 9.00. The van der Waals surface area contributed by atoms with Crippen LogP contribution in [0.4, 0.5) is 0 Å². The first-order valence-corrected chi connectivity index (χ1v) is 12.1. The lowest BCUT2D eigenvalue weighted by atomic mass is 9.96. The monoisotopic (exact) mass is 499 g/mol. The molecule has 37 heavy (non-hydrogen) atoms. The third kappa shape index (κ3) is 6.22. The largest absolute Gasteiger partial charge is 0.482 e. The van der Waals surface area contributed by atoms with Crippen LogP contribution in [-0.4, -0.2) is 52.7 Å². The predicted molar refractivity (Wildman–Crippen MR) is 139 cm³/mol. The average Bonchev–Trinajstić information content (AvgIpc) is 3.40. The van der Waals surface area contributed by atoms with Crippen molar-refractivity contribution in [3.63, 3.8) is 0 Å². The first-order valence-electron chi connectivity index (χ1n) is 12.1. The van der Waals surface area contributed by atoms with Gasteiger partial charge in [0, 0.05) is 23.2 Å². The van der Waals surface area contributed by atoms with Gasteiger partial charge in [0.2, 0.25) is 0 Å². The molecule has 1 atom stereocenters. The number of carbonyl (C=O) groups excluding carboxylic acids is 2. The highest BCUT2D eigenvalue weighted by molar-refractivity contribution is 6.05. The first kappa shape index (κ1) is 25.6. The van der Waals surface area contributed by atoms with E-state index < -0.39 is 18.6 Å². The number of carboxylic acids is 1. The molecule has 0 radical (unpaired) electrons. The Hall–Kier alpha value is -4.46. The van der Waals surface area contributed by atoms with Crippen LogP contribution in [0.5, 0.6) is 5.75 Å². The number of carboxylic acid groups (broad SMARTS) is 1. The Labute approximate surface area is 215 Å². The van der Waals surface area contributed by atoms with Gasteiger partial charge in [0.05, 0.1) is 6.04 Å². The number of rotatable bonds is 10. The third-order valence-corrected chi connectivity index (χ3v) is 6.48. The fourth-order valence-corrected chi connectivity index (χ4v) is 4.57. The van der Waals surface area contributed by atoms with E-state index in [1.54, 1.807) is 47.4 Å². The summed E-state index contributed by atoms with van der Waals surface area (Å²) in [6.07, 6.45) is 2.54. The van der Waals surface area contributed by atoms with Crippen molar-refractivity contribution in [1.82, 2.24) is 4.90 Å². The molecule has 1 unspecified atom stereocenters. The SMILES string of the molecule is N=C(N)c1ccc(C(=O)N2CCCC2C(=O)c2ccc(OCC(=O)O)c(CCc3ccccc3)c2)cc1. The van der Waals surface area contributed by atoms with Crippen molar-refractivity contribution in [3.8, 4) is 5.75 Å². The van der Waals surface area contributed by atoms with E-state index in [1.807, 2.05) is 30.3 Å². The Morgan fingerprint density at radius 3 is 2.30 bits per heavy atom. The maximum atomic E-state index is 13.6. The van der Waals surface area contributed by atoms with Crippen LogP contribution in [0.25, 0.3) is 0 Å². The number of amides is 1. The van der Waals surface area contributed by atoms with E-state index in [0.29, 0.717) is 54.7 Å². The summed E-state index contributed by atoms with van der Waals surface area (Å²) in [7, 11) is 0. The Balaban J connectivity index is 1.55. The number of hydrogen-bond acceptors (Lipinski definition) is 5. The summed E-state index contributed by atoms with van der Waals surface area (Å²) in [5.74, 6) is -1.12. The second kappa shape index (κ2) is 11.5. The van der Waals surface area contributed by atoms with E-state index >= 15 is 0 Å². The highest BCUT2D eigenvalue weighted by atomic mass is 16.5. The summed E-state index contributed by atoms with van der Waals surface area (Å²) >= 11 is 0. The van der Waals surface area contributed by atoms with E-state index in [-0.39, 0.29) is 17.5 Å². The quantitative estimate of drug-likeness (QED) is 0.221. The van der Waals surface area contributed by atoms with Crippen molar-refractivity contribution in [1.29, 1.82) is 5.41 Å². The summed E-state index contributed by atoms with van der Waals surface area (Å²) in [4.78, 5) is 39.4. The van der Waals surface area contributed by atoms with Gasteiger partial charge < -0.3 is 20.5 Å². The molecule has 1 heterocycles. The number of nitrogens with zero attached hydrogens (tertiary/aromatic N) is 1. The molecule has 190 valence electrons. The Morgan fingerprint density at radius 1 is 0.946 bits per heavy atom. The van der Waals surface area contributed by atoms with Gasteiger partial charge in [0.15, 0.2) is 12.4 Å². The lowest BCUT2D eigenvalue weighted by Gasteiger charge is -2.24. The molecule has 1 aliphatic heterocycles. The number of ketones is 1. The number of amidine groups is 1. The van der Waals surface area contributed by atoms with E-state index in [2.05, 4.69) is 0 Å². The van der Waals surface area contributed by atoms with Crippen molar-refractivity contribution < 1.29 is 24.2 Å². The van der Waals surface area contributed by atoms with Crippen LogP contribution >= 0.6 is 0 Å². The maximum absolute atomic E-state index is 13.6. The van der Waals surface area contributed by atoms with Crippen LogP contribution in [0.15, 0.2) is 72.8 Å². The van der Waals surface area contributed by atoms with Gasteiger partial charge in [-0.15, -0.1) is 0 Å². The molecular weight excluding hydrogens is 470 g/mol. The minimum absolute atomic E-state index is 0.0768. The van der Waals surface area contributed by atoms with E-state index in [9.17, 15) is 14.4 Å². The topological polar surface area (TPSA) is 134 Å². The lowest BCUT2D eigenvalue weighted by molar-refractivity contribution is -0.139. The number of nitrogens with two attached hydrogens (primary N) is 1. The lowest BCUT2D eigenvalue weighted by Crippen LogP contribution is -2.40. The predicted octanol–water partition coefficient (Wildman–Crippen LogP) is 3.71. The zero-order valence-electron chi connectivity index (χ0n) is 20.4. The van der Waals surface area contributed by atoms with Crippen LogP contribution in [-0.2, 0) is 17.6 Å². The van der Waals surface area contributed by atoms with E-state index in [0.717, 1.165) is 11.1 Å². The van der Waals surface area contributed by atoms with Gasteiger partial charge in [-0.25, -0.2) is 4.79 Å². The van der Waals surface area contributed by atoms with Crippen molar-refractivity contribution in [2.45, 2.75) is 31.7 Å². The van der Waals surface area contributed by atoms with Crippen LogP contribution in [0.1, 0.15) is 50.2 Å². The molecule has 0 spiro atoms. The highest BCUT2D eigenvalue weighted by Gasteiger charge is 2.35. The number of likely N-dealkylation sites (tertiary alicyclic amines) is 1. The molecule has 4 N–H and O–H groups in total. The number of nitrogen functional groups attached to an aromatic ring is 1. The fourth-order valence-electron chi connectivity index (χ4n) is 4.57. The second-order valence-electron chi connectivity index (χ2n) is 9.00. The van der Waals surface area contributed by atoms with Gasteiger partial charge in [-0.3, -0.25) is 15.0 Å². The Morgan fingerprint density at radius 2 is 1.62 bits per heavy atom. The molecule has 0 aliphatic carbocycles. The summed E-state index contributed by atoms with van der Waals surface area (Å²) in [6.45, 7) is 0.00330. The molecule has 0 aromatic heterocycles. The number of carbonyl (C=O) groups is 3. The smallest absolute Gasteiger partial charge is 0.341 e. The van der Waals surface area contributed by atoms with E-state index in [4.69, 9.17) is 21.0 Å². The number of aliphatic carboxylic acids is 1. The molecule has 3 aromatic carbocycles.